The second-order valence-electron chi connectivity index (χ2n) is 4.47. The van der Waals surface area contributed by atoms with Gasteiger partial charge in [-0.05, 0) is 30.8 Å². The Morgan fingerprint density at radius 2 is 1.76 bits per heavy atom. The lowest BCUT2D eigenvalue weighted by molar-refractivity contribution is 0.262. The van der Waals surface area contributed by atoms with Gasteiger partial charge in [-0.25, -0.2) is 0 Å². The molecule has 1 aromatic heterocycles. The Kier molecular flexibility index (Phi) is 5.40. The second kappa shape index (κ2) is 7.50. The minimum absolute atomic E-state index is 0.358. The van der Waals surface area contributed by atoms with Crippen LogP contribution in [-0.2, 0) is 13.2 Å². The van der Waals surface area contributed by atoms with Crippen molar-refractivity contribution in [3.8, 4) is 17.2 Å². The van der Waals surface area contributed by atoms with Gasteiger partial charge in [0.1, 0.15) is 6.61 Å². The van der Waals surface area contributed by atoms with Gasteiger partial charge in [-0.15, -0.1) is 0 Å². The Hall–Kier alpha value is -2.27. The molecule has 1 aromatic carbocycles. The number of aromatic nitrogens is 1. The van der Waals surface area contributed by atoms with Gasteiger partial charge in [0.2, 0.25) is 5.75 Å². The third-order valence-corrected chi connectivity index (χ3v) is 3.01. The Morgan fingerprint density at radius 3 is 2.29 bits per heavy atom. The molecule has 5 heteroatoms. The molecule has 112 valence electrons. The van der Waals surface area contributed by atoms with Crippen molar-refractivity contribution in [3.05, 3.63) is 47.8 Å². The zero-order valence-electron chi connectivity index (χ0n) is 12.6. The first-order valence-electron chi connectivity index (χ1n) is 6.70. The van der Waals surface area contributed by atoms with Crippen LogP contribution in [-0.4, -0.2) is 26.3 Å². The van der Waals surface area contributed by atoms with E-state index in [-0.39, 0.29) is 0 Å². The lowest BCUT2D eigenvalue weighted by Crippen LogP contribution is -2.06. The van der Waals surface area contributed by atoms with Crippen LogP contribution in [0.5, 0.6) is 17.2 Å². The summed E-state index contributed by atoms with van der Waals surface area (Å²) in [7, 11) is 5.11. The first-order valence-corrected chi connectivity index (χ1v) is 6.70. The number of nitrogens with one attached hydrogen (secondary N) is 1. The van der Waals surface area contributed by atoms with Crippen molar-refractivity contribution in [2.24, 2.45) is 0 Å². The second-order valence-corrected chi connectivity index (χ2v) is 4.47. The van der Waals surface area contributed by atoms with E-state index >= 15 is 0 Å². The highest BCUT2D eigenvalue weighted by molar-refractivity contribution is 5.51. The molecule has 0 saturated carbocycles. The normalized spacial score (nSPS) is 10.2. The van der Waals surface area contributed by atoms with E-state index in [0.717, 1.165) is 17.8 Å². The van der Waals surface area contributed by atoms with Crippen LogP contribution in [0.15, 0.2) is 36.5 Å². The van der Waals surface area contributed by atoms with Crippen LogP contribution in [0, 0.1) is 0 Å². The van der Waals surface area contributed by atoms with Crippen LogP contribution in [0.4, 0.5) is 0 Å². The van der Waals surface area contributed by atoms with Gasteiger partial charge >= 0.3 is 0 Å². The topological polar surface area (TPSA) is 52.6 Å². The van der Waals surface area contributed by atoms with Crippen molar-refractivity contribution in [1.82, 2.24) is 10.3 Å². The van der Waals surface area contributed by atoms with E-state index in [0.29, 0.717) is 23.9 Å². The Balaban J connectivity index is 2.08. The smallest absolute Gasteiger partial charge is 0.203 e. The third-order valence-electron chi connectivity index (χ3n) is 3.01. The van der Waals surface area contributed by atoms with Crippen LogP contribution in [0.3, 0.4) is 0 Å². The molecule has 2 aromatic rings. The van der Waals surface area contributed by atoms with E-state index in [2.05, 4.69) is 10.3 Å². The third kappa shape index (κ3) is 3.86. The summed E-state index contributed by atoms with van der Waals surface area (Å²) in [4.78, 5) is 4.38. The molecule has 5 nitrogen and oxygen atoms in total. The van der Waals surface area contributed by atoms with E-state index in [1.54, 1.807) is 14.2 Å². The zero-order valence-corrected chi connectivity index (χ0v) is 12.6. The predicted molar refractivity (Wildman–Crippen MR) is 80.9 cm³/mol. The maximum atomic E-state index is 5.81. The first kappa shape index (κ1) is 15.1. The molecule has 0 atom stereocenters. The molecule has 0 bridgehead atoms. The number of pyridine rings is 1. The highest BCUT2D eigenvalue weighted by Gasteiger charge is 2.11. The molecule has 0 amide bonds. The SMILES string of the molecule is CNCc1ccc(COc2c(OC)cccc2OC)nc1. The van der Waals surface area contributed by atoms with Crippen molar-refractivity contribution in [1.29, 1.82) is 0 Å². The highest BCUT2D eigenvalue weighted by Crippen LogP contribution is 2.37. The summed E-state index contributed by atoms with van der Waals surface area (Å²) in [5.74, 6) is 1.87. The van der Waals surface area contributed by atoms with E-state index in [1.165, 1.54) is 0 Å². The lowest BCUT2D eigenvalue weighted by Gasteiger charge is -2.13. The number of nitrogens with zero attached hydrogens (tertiary/aromatic N) is 1. The quantitative estimate of drug-likeness (QED) is 0.848. The van der Waals surface area contributed by atoms with Crippen molar-refractivity contribution >= 4 is 0 Å². The number of hydrogen-bond donors (Lipinski definition) is 1. The molecule has 1 N–H and O–H groups in total. The molecule has 0 radical (unpaired) electrons. The fraction of sp³-hybridized carbons (Fsp3) is 0.312. The molecule has 0 spiro atoms. The number of benzene rings is 1. The average Bonchev–Trinajstić information content (AvgIpc) is 2.54. The highest BCUT2D eigenvalue weighted by atomic mass is 16.5. The predicted octanol–water partition coefficient (Wildman–Crippen LogP) is 2.40. The number of para-hydroxylation sites is 1. The van der Waals surface area contributed by atoms with E-state index in [1.807, 2.05) is 43.6 Å². The standard InChI is InChI=1S/C16H20N2O3/c1-17-9-12-7-8-13(18-10-12)11-21-16-14(19-2)5-4-6-15(16)20-3/h4-8,10,17H,9,11H2,1-3H3. The van der Waals surface area contributed by atoms with Crippen molar-refractivity contribution in [2.45, 2.75) is 13.2 Å². The maximum absolute atomic E-state index is 5.81. The summed E-state index contributed by atoms with van der Waals surface area (Å²) < 4.78 is 16.4. The number of ether oxygens (including phenoxy) is 3. The minimum Gasteiger partial charge on any atom is -0.493 e. The van der Waals surface area contributed by atoms with Crippen molar-refractivity contribution in [2.75, 3.05) is 21.3 Å². The summed E-state index contributed by atoms with van der Waals surface area (Å²) in [6, 6.07) is 9.51. The van der Waals surface area contributed by atoms with Crippen LogP contribution < -0.4 is 19.5 Å². The summed E-state index contributed by atoms with van der Waals surface area (Å²) in [6.45, 7) is 1.16. The Bertz CT molecular complexity index is 548. The van der Waals surface area contributed by atoms with Gasteiger partial charge in [0.15, 0.2) is 11.5 Å². The van der Waals surface area contributed by atoms with Gasteiger partial charge < -0.3 is 19.5 Å². The van der Waals surface area contributed by atoms with Gasteiger partial charge in [0, 0.05) is 12.7 Å². The molecule has 0 aliphatic heterocycles. The fourth-order valence-corrected chi connectivity index (χ4v) is 1.95. The molecule has 0 aliphatic rings. The van der Waals surface area contributed by atoms with Crippen molar-refractivity contribution < 1.29 is 14.2 Å². The zero-order chi connectivity index (χ0) is 15.1. The Morgan fingerprint density at radius 1 is 1.05 bits per heavy atom. The molecule has 1 heterocycles. The summed E-state index contributed by atoms with van der Waals surface area (Å²) >= 11 is 0. The summed E-state index contributed by atoms with van der Waals surface area (Å²) in [5.41, 5.74) is 1.99. The van der Waals surface area contributed by atoms with E-state index in [4.69, 9.17) is 14.2 Å². The molecule has 0 unspecified atom stereocenters. The molecule has 0 saturated heterocycles. The van der Waals surface area contributed by atoms with Crippen LogP contribution in [0.1, 0.15) is 11.3 Å². The van der Waals surface area contributed by atoms with E-state index < -0.39 is 0 Å². The van der Waals surface area contributed by atoms with Crippen LogP contribution in [0.25, 0.3) is 0 Å². The molecule has 0 aliphatic carbocycles. The van der Waals surface area contributed by atoms with Gasteiger partial charge in [0.25, 0.3) is 0 Å². The lowest BCUT2D eigenvalue weighted by atomic mass is 10.2. The van der Waals surface area contributed by atoms with E-state index in [9.17, 15) is 0 Å². The molecular weight excluding hydrogens is 268 g/mol. The number of methoxy groups -OCH3 is 2. The maximum Gasteiger partial charge on any atom is 0.203 e. The molecule has 0 fully saturated rings. The summed E-state index contributed by atoms with van der Waals surface area (Å²) in [5, 5.41) is 3.09. The summed E-state index contributed by atoms with van der Waals surface area (Å²) in [6.07, 6.45) is 1.84. The van der Waals surface area contributed by atoms with Gasteiger partial charge in [-0.2, -0.15) is 0 Å². The molecule has 2 rings (SSSR count). The van der Waals surface area contributed by atoms with Gasteiger partial charge in [-0.1, -0.05) is 12.1 Å². The Labute approximate surface area is 124 Å². The van der Waals surface area contributed by atoms with Gasteiger partial charge in [0.05, 0.1) is 19.9 Å². The minimum atomic E-state index is 0.358. The van der Waals surface area contributed by atoms with Gasteiger partial charge in [-0.3, -0.25) is 4.98 Å². The van der Waals surface area contributed by atoms with Crippen molar-refractivity contribution in [3.63, 3.8) is 0 Å². The number of hydrogen-bond acceptors (Lipinski definition) is 5. The molecule has 21 heavy (non-hydrogen) atoms. The number of rotatable bonds is 7. The average molecular weight is 288 g/mol. The monoisotopic (exact) mass is 288 g/mol. The fourth-order valence-electron chi connectivity index (χ4n) is 1.95. The van der Waals surface area contributed by atoms with Crippen LogP contribution >= 0.6 is 0 Å². The largest absolute Gasteiger partial charge is 0.493 e. The molecular formula is C16H20N2O3. The first-order chi connectivity index (χ1) is 10.3. The van der Waals surface area contributed by atoms with Crippen LogP contribution in [0.2, 0.25) is 0 Å².